The Morgan fingerprint density at radius 3 is 2.53 bits per heavy atom. The van der Waals surface area contributed by atoms with Gasteiger partial charge in [-0.2, -0.15) is 0 Å². The predicted octanol–water partition coefficient (Wildman–Crippen LogP) is 1.62. The van der Waals surface area contributed by atoms with E-state index in [9.17, 15) is 19.2 Å². The number of piperidine rings is 1. The lowest BCUT2D eigenvalue weighted by molar-refractivity contribution is -0.119. The summed E-state index contributed by atoms with van der Waals surface area (Å²) in [5.74, 6) is -0.579. The average molecular weight is 462 g/mol. The number of fused-ring (bicyclic) bond motifs is 2. The first-order valence-electron chi connectivity index (χ1n) is 11.7. The molecule has 4 heterocycles. The number of aryl methyl sites for hydroxylation is 2. The maximum absolute atomic E-state index is 13.6. The second-order valence-electron chi connectivity index (χ2n) is 9.02. The van der Waals surface area contributed by atoms with Crippen LogP contribution in [0.5, 0.6) is 0 Å². The van der Waals surface area contributed by atoms with E-state index in [0.29, 0.717) is 25.3 Å². The molecule has 0 radical (unpaired) electrons. The minimum absolute atomic E-state index is 0.0814. The van der Waals surface area contributed by atoms with Crippen LogP contribution in [0, 0.1) is 6.92 Å². The van der Waals surface area contributed by atoms with Crippen molar-refractivity contribution in [2.45, 2.75) is 39.2 Å². The number of benzene rings is 1. The lowest BCUT2D eigenvalue weighted by Crippen LogP contribution is -2.45. The molecule has 0 atom stereocenters. The van der Waals surface area contributed by atoms with Crippen molar-refractivity contribution in [3.8, 4) is 0 Å². The van der Waals surface area contributed by atoms with Gasteiger partial charge in [-0.1, -0.05) is 18.2 Å². The highest BCUT2D eigenvalue weighted by atomic mass is 16.2. The van der Waals surface area contributed by atoms with Crippen molar-refractivity contribution >= 4 is 28.5 Å². The van der Waals surface area contributed by atoms with Crippen LogP contribution in [-0.2, 0) is 24.8 Å². The fourth-order valence-electron chi connectivity index (χ4n) is 5.00. The van der Waals surface area contributed by atoms with E-state index in [1.807, 2.05) is 24.3 Å². The zero-order valence-electron chi connectivity index (χ0n) is 19.4. The highest BCUT2D eigenvalue weighted by Crippen LogP contribution is 2.27. The van der Waals surface area contributed by atoms with Gasteiger partial charge in [0.25, 0.3) is 11.5 Å². The molecule has 34 heavy (non-hydrogen) atoms. The van der Waals surface area contributed by atoms with Crippen molar-refractivity contribution in [2.24, 2.45) is 7.05 Å². The topological polar surface area (TPSA) is 97.5 Å². The van der Waals surface area contributed by atoms with Crippen molar-refractivity contribution in [3.05, 3.63) is 68.0 Å². The molecule has 0 bridgehead atoms. The largest absolute Gasteiger partial charge is 0.339 e. The number of hydrogen-bond donors (Lipinski definition) is 0. The normalized spacial score (nSPS) is 15.6. The van der Waals surface area contributed by atoms with Crippen LogP contribution in [0.25, 0.3) is 11.0 Å². The standard InChI is InChI=1S/C25H27N5O4/c1-16-14-18(23(32)28-11-6-3-7-12-28)21-22(26-16)27(2)25(34)30(24(21)33)15-20(31)29-13-10-17-8-4-5-9-19(17)29/h4-5,8-9,14H,3,6-7,10-13,15H2,1-2H3. The molecule has 0 spiro atoms. The van der Waals surface area contributed by atoms with Gasteiger partial charge in [0.2, 0.25) is 5.91 Å². The third-order valence-corrected chi connectivity index (χ3v) is 6.78. The Morgan fingerprint density at radius 1 is 1.03 bits per heavy atom. The number of pyridine rings is 1. The molecule has 3 aromatic rings. The van der Waals surface area contributed by atoms with Crippen LogP contribution in [0.3, 0.4) is 0 Å². The van der Waals surface area contributed by atoms with Crippen LogP contribution in [0.1, 0.15) is 40.9 Å². The second kappa shape index (κ2) is 8.55. The Labute approximate surface area is 196 Å². The molecule has 176 valence electrons. The lowest BCUT2D eigenvalue weighted by atomic mass is 10.1. The molecule has 2 aliphatic rings. The number of carbonyl (C=O) groups excluding carboxylic acids is 2. The maximum atomic E-state index is 13.6. The summed E-state index contributed by atoms with van der Waals surface area (Å²) in [7, 11) is 1.51. The molecule has 2 aliphatic heterocycles. The Morgan fingerprint density at radius 2 is 1.76 bits per heavy atom. The minimum Gasteiger partial charge on any atom is -0.339 e. The zero-order valence-corrected chi connectivity index (χ0v) is 19.4. The lowest BCUT2D eigenvalue weighted by Gasteiger charge is -2.27. The third-order valence-electron chi connectivity index (χ3n) is 6.78. The van der Waals surface area contributed by atoms with Crippen molar-refractivity contribution in [3.63, 3.8) is 0 Å². The molecule has 9 nitrogen and oxygen atoms in total. The van der Waals surface area contributed by atoms with Crippen molar-refractivity contribution < 1.29 is 9.59 Å². The van der Waals surface area contributed by atoms with Crippen LogP contribution in [-0.4, -0.2) is 50.5 Å². The van der Waals surface area contributed by atoms with Gasteiger partial charge in [0.15, 0.2) is 0 Å². The Kier molecular flexibility index (Phi) is 5.55. The van der Waals surface area contributed by atoms with E-state index in [1.54, 1.807) is 22.8 Å². The zero-order chi connectivity index (χ0) is 24.0. The number of aromatic nitrogens is 3. The molecule has 1 fully saturated rings. The molecule has 2 aromatic heterocycles. The number of carbonyl (C=O) groups is 2. The summed E-state index contributed by atoms with van der Waals surface area (Å²) in [6.07, 6.45) is 3.64. The highest BCUT2D eigenvalue weighted by Gasteiger charge is 2.28. The molecule has 1 aromatic carbocycles. The summed E-state index contributed by atoms with van der Waals surface area (Å²) in [4.78, 5) is 61.0. The summed E-state index contributed by atoms with van der Waals surface area (Å²) in [5.41, 5.74) is 1.51. The average Bonchev–Trinajstić information content (AvgIpc) is 3.29. The van der Waals surface area contributed by atoms with Gasteiger partial charge in [-0.3, -0.25) is 23.5 Å². The molecule has 0 aliphatic carbocycles. The maximum Gasteiger partial charge on any atom is 0.332 e. The predicted molar refractivity (Wildman–Crippen MR) is 128 cm³/mol. The first kappa shape index (κ1) is 22.1. The number of anilines is 1. The van der Waals surface area contributed by atoms with E-state index < -0.39 is 17.8 Å². The SMILES string of the molecule is Cc1cc(C(=O)N2CCCCC2)c2c(=O)n(CC(=O)N3CCc4ccccc43)c(=O)n(C)c2n1. The first-order chi connectivity index (χ1) is 16.4. The monoisotopic (exact) mass is 461 g/mol. The molecule has 9 heteroatoms. The Bertz CT molecular complexity index is 1430. The smallest absolute Gasteiger partial charge is 0.332 e. The van der Waals surface area contributed by atoms with Gasteiger partial charge in [0.05, 0.1) is 10.9 Å². The number of para-hydroxylation sites is 1. The van der Waals surface area contributed by atoms with Crippen LogP contribution < -0.4 is 16.1 Å². The number of hydrogen-bond acceptors (Lipinski definition) is 5. The molecule has 0 saturated carbocycles. The van der Waals surface area contributed by atoms with Crippen molar-refractivity contribution in [1.82, 2.24) is 19.0 Å². The van der Waals surface area contributed by atoms with E-state index in [1.165, 1.54) is 11.6 Å². The van der Waals surface area contributed by atoms with Gasteiger partial charge < -0.3 is 9.80 Å². The van der Waals surface area contributed by atoms with Crippen LogP contribution in [0.4, 0.5) is 5.69 Å². The highest BCUT2D eigenvalue weighted by molar-refractivity contribution is 6.05. The van der Waals surface area contributed by atoms with Gasteiger partial charge in [0.1, 0.15) is 12.2 Å². The van der Waals surface area contributed by atoms with Gasteiger partial charge in [-0.25, -0.2) is 9.78 Å². The molecule has 1 saturated heterocycles. The van der Waals surface area contributed by atoms with Gasteiger partial charge >= 0.3 is 5.69 Å². The summed E-state index contributed by atoms with van der Waals surface area (Å²) in [5, 5.41) is 0.0814. The van der Waals surface area contributed by atoms with Crippen molar-refractivity contribution in [1.29, 1.82) is 0 Å². The van der Waals surface area contributed by atoms with Crippen molar-refractivity contribution in [2.75, 3.05) is 24.5 Å². The van der Waals surface area contributed by atoms with E-state index in [4.69, 9.17) is 0 Å². The molecule has 0 N–H and O–H groups in total. The van der Waals surface area contributed by atoms with E-state index in [-0.39, 0.29) is 28.4 Å². The van der Waals surface area contributed by atoms with Crippen LogP contribution in [0.2, 0.25) is 0 Å². The van der Waals surface area contributed by atoms with Crippen LogP contribution >= 0.6 is 0 Å². The molecule has 2 amide bonds. The Balaban J connectivity index is 1.60. The third kappa shape index (κ3) is 3.61. The summed E-state index contributed by atoms with van der Waals surface area (Å²) >= 11 is 0. The second-order valence-corrected chi connectivity index (χ2v) is 9.02. The number of amides is 2. The Hall–Kier alpha value is -3.75. The summed E-state index contributed by atoms with van der Waals surface area (Å²) < 4.78 is 2.18. The fourth-order valence-corrected chi connectivity index (χ4v) is 5.00. The van der Waals surface area contributed by atoms with E-state index in [0.717, 1.165) is 41.5 Å². The number of likely N-dealkylation sites (tertiary alicyclic amines) is 1. The van der Waals surface area contributed by atoms with Crippen LogP contribution in [0.15, 0.2) is 39.9 Å². The molecule has 5 rings (SSSR count). The van der Waals surface area contributed by atoms with Gasteiger partial charge in [-0.15, -0.1) is 0 Å². The van der Waals surface area contributed by atoms with E-state index >= 15 is 0 Å². The molecule has 0 unspecified atom stereocenters. The summed E-state index contributed by atoms with van der Waals surface area (Å²) in [6, 6.07) is 9.22. The first-order valence-corrected chi connectivity index (χ1v) is 11.7. The quantitative estimate of drug-likeness (QED) is 0.591. The molecular weight excluding hydrogens is 434 g/mol. The van der Waals surface area contributed by atoms with E-state index in [2.05, 4.69) is 4.98 Å². The number of rotatable bonds is 3. The number of nitrogens with zero attached hydrogens (tertiary/aromatic N) is 5. The van der Waals surface area contributed by atoms with Gasteiger partial charge in [-0.05, 0) is 50.3 Å². The minimum atomic E-state index is -0.660. The molecular formula is C25H27N5O4. The fraction of sp³-hybridized carbons (Fsp3) is 0.400. The van der Waals surface area contributed by atoms with Gasteiger partial charge in [0, 0.05) is 38.1 Å². The summed E-state index contributed by atoms with van der Waals surface area (Å²) in [6.45, 7) is 3.10.